The van der Waals surface area contributed by atoms with Gasteiger partial charge in [0, 0.05) is 5.69 Å². The predicted molar refractivity (Wildman–Crippen MR) is 83.0 cm³/mol. The Morgan fingerprint density at radius 2 is 1.67 bits per heavy atom. The van der Waals surface area contributed by atoms with E-state index in [9.17, 15) is 0 Å². The topological polar surface area (TPSA) is 55.1 Å². The zero-order valence-corrected chi connectivity index (χ0v) is 11.6. The molecule has 0 aliphatic heterocycles. The summed E-state index contributed by atoms with van der Waals surface area (Å²) in [5.41, 5.74) is 3.17. The molecule has 4 rings (SSSR count). The molecule has 21 heavy (non-hydrogen) atoms. The van der Waals surface area contributed by atoms with E-state index in [0.717, 1.165) is 16.7 Å². The maximum atomic E-state index is 6.19. The fourth-order valence-electron chi connectivity index (χ4n) is 2.28. The highest BCUT2D eigenvalue weighted by molar-refractivity contribution is 6.32. The lowest BCUT2D eigenvalue weighted by Crippen LogP contribution is -1.99. The standard InChI is InChI=1S/C15H10ClN5/c16-13-14-19-20-15(17-10-6-2-1-3-7-10)21(14)12-9-5-4-8-11(12)18-13/h1-9H,(H,17,20). The Kier molecular flexibility index (Phi) is 2.72. The predicted octanol–water partition coefficient (Wildman–Crippen LogP) is 3.67. The average Bonchev–Trinajstić information content (AvgIpc) is 2.93. The fourth-order valence-corrected chi connectivity index (χ4v) is 2.49. The van der Waals surface area contributed by atoms with Crippen LogP contribution in [0.4, 0.5) is 11.6 Å². The molecule has 2 aromatic heterocycles. The number of anilines is 2. The summed E-state index contributed by atoms with van der Waals surface area (Å²) in [6.45, 7) is 0. The van der Waals surface area contributed by atoms with E-state index in [2.05, 4.69) is 20.5 Å². The van der Waals surface area contributed by atoms with Gasteiger partial charge < -0.3 is 5.32 Å². The lowest BCUT2D eigenvalue weighted by Gasteiger charge is -2.07. The molecular formula is C15H10ClN5. The lowest BCUT2D eigenvalue weighted by atomic mass is 10.3. The smallest absolute Gasteiger partial charge is 0.234 e. The van der Waals surface area contributed by atoms with Crippen LogP contribution >= 0.6 is 11.6 Å². The monoisotopic (exact) mass is 295 g/mol. The van der Waals surface area contributed by atoms with Gasteiger partial charge in [-0.1, -0.05) is 41.9 Å². The van der Waals surface area contributed by atoms with Crippen LogP contribution in [0.25, 0.3) is 16.7 Å². The molecule has 0 spiro atoms. The van der Waals surface area contributed by atoms with Crippen molar-refractivity contribution in [2.75, 3.05) is 5.32 Å². The highest BCUT2D eigenvalue weighted by atomic mass is 35.5. The first-order valence-corrected chi connectivity index (χ1v) is 6.82. The molecule has 0 bridgehead atoms. The van der Waals surface area contributed by atoms with Gasteiger partial charge in [0.05, 0.1) is 11.0 Å². The van der Waals surface area contributed by atoms with Gasteiger partial charge >= 0.3 is 0 Å². The first kappa shape index (κ1) is 12.1. The van der Waals surface area contributed by atoms with Gasteiger partial charge in [0.2, 0.25) is 11.6 Å². The summed E-state index contributed by atoms with van der Waals surface area (Å²) in [6, 6.07) is 17.5. The van der Waals surface area contributed by atoms with Crippen LogP contribution in [0.15, 0.2) is 54.6 Å². The van der Waals surface area contributed by atoms with E-state index in [-0.39, 0.29) is 0 Å². The second kappa shape index (κ2) is 4.71. The highest BCUT2D eigenvalue weighted by Crippen LogP contribution is 2.24. The number of nitrogens with zero attached hydrogens (tertiary/aromatic N) is 4. The SMILES string of the molecule is Clc1nc2ccccc2n2c(Nc3ccccc3)nnc12. The van der Waals surface area contributed by atoms with Crippen LogP contribution in [0, 0.1) is 0 Å². The molecule has 2 aromatic carbocycles. The molecule has 1 N–H and O–H groups in total. The second-order valence-electron chi connectivity index (χ2n) is 4.56. The van der Waals surface area contributed by atoms with E-state index in [1.165, 1.54) is 0 Å². The fraction of sp³-hybridized carbons (Fsp3) is 0. The summed E-state index contributed by atoms with van der Waals surface area (Å²) in [5.74, 6) is 0.608. The summed E-state index contributed by atoms with van der Waals surface area (Å²) >= 11 is 6.19. The molecule has 6 heteroatoms. The Morgan fingerprint density at radius 3 is 2.52 bits per heavy atom. The number of halogens is 1. The zero-order valence-electron chi connectivity index (χ0n) is 10.9. The molecule has 0 aliphatic rings. The number of para-hydroxylation sites is 3. The van der Waals surface area contributed by atoms with Crippen molar-refractivity contribution >= 4 is 39.9 Å². The van der Waals surface area contributed by atoms with Crippen LogP contribution in [0.1, 0.15) is 0 Å². The lowest BCUT2D eigenvalue weighted by molar-refractivity contribution is 1.11. The first-order valence-electron chi connectivity index (χ1n) is 6.44. The number of nitrogens with one attached hydrogen (secondary N) is 1. The number of hydrogen-bond donors (Lipinski definition) is 1. The Morgan fingerprint density at radius 1 is 0.905 bits per heavy atom. The maximum absolute atomic E-state index is 6.19. The zero-order chi connectivity index (χ0) is 14.2. The van der Waals surface area contributed by atoms with Crippen molar-refractivity contribution in [3.05, 3.63) is 59.8 Å². The summed E-state index contributed by atoms with van der Waals surface area (Å²) < 4.78 is 1.87. The molecule has 0 aliphatic carbocycles. The van der Waals surface area contributed by atoms with Gasteiger partial charge in [0.1, 0.15) is 0 Å². The number of benzene rings is 2. The highest BCUT2D eigenvalue weighted by Gasteiger charge is 2.13. The van der Waals surface area contributed by atoms with Crippen molar-refractivity contribution in [2.24, 2.45) is 0 Å². The molecule has 0 unspecified atom stereocenters. The molecule has 0 amide bonds. The summed E-state index contributed by atoms with van der Waals surface area (Å²) in [5, 5.41) is 11.9. The number of aromatic nitrogens is 4. The molecule has 0 radical (unpaired) electrons. The molecule has 0 fully saturated rings. The summed E-state index contributed by atoms with van der Waals surface area (Å²) in [7, 11) is 0. The van der Waals surface area contributed by atoms with Crippen molar-refractivity contribution in [1.82, 2.24) is 19.6 Å². The van der Waals surface area contributed by atoms with Crippen LogP contribution in [-0.2, 0) is 0 Å². The molecule has 2 heterocycles. The van der Waals surface area contributed by atoms with E-state index < -0.39 is 0 Å². The van der Waals surface area contributed by atoms with E-state index in [1.807, 2.05) is 59.0 Å². The van der Waals surface area contributed by atoms with Gasteiger partial charge in [0.25, 0.3) is 0 Å². The van der Waals surface area contributed by atoms with Crippen molar-refractivity contribution in [2.45, 2.75) is 0 Å². The second-order valence-corrected chi connectivity index (χ2v) is 4.92. The Bertz CT molecular complexity index is 933. The minimum Gasteiger partial charge on any atom is -0.324 e. The van der Waals surface area contributed by atoms with Crippen LogP contribution in [0.2, 0.25) is 5.15 Å². The van der Waals surface area contributed by atoms with Crippen molar-refractivity contribution in [3.63, 3.8) is 0 Å². The Balaban J connectivity index is 1.98. The Hall–Kier alpha value is -2.66. The van der Waals surface area contributed by atoms with Crippen molar-refractivity contribution in [1.29, 1.82) is 0 Å². The molecule has 0 atom stereocenters. The van der Waals surface area contributed by atoms with Crippen molar-refractivity contribution < 1.29 is 0 Å². The maximum Gasteiger partial charge on any atom is 0.234 e. The quantitative estimate of drug-likeness (QED) is 0.613. The van der Waals surface area contributed by atoms with Gasteiger partial charge in [-0.15, -0.1) is 10.2 Å². The number of rotatable bonds is 2. The molecule has 0 saturated carbocycles. The molecule has 0 saturated heterocycles. The minimum atomic E-state index is 0.335. The Labute approximate surface area is 125 Å². The third-order valence-corrected chi connectivity index (χ3v) is 3.47. The minimum absolute atomic E-state index is 0.335. The van der Waals surface area contributed by atoms with Crippen molar-refractivity contribution in [3.8, 4) is 0 Å². The van der Waals surface area contributed by atoms with Crippen LogP contribution in [-0.4, -0.2) is 19.6 Å². The van der Waals surface area contributed by atoms with Crippen LogP contribution < -0.4 is 5.32 Å². The first-order chi connectivity index (χ1) is 10.3. The molecule has 4 aromatic rings. The molecule has 5 nitrogen and oxygen atoms in total. The van der Waals surface area contributed by atoms with Crippen LogP contribution in [0.3, 0.4) is 0 Å². The van der Waals surface area contributed by atoms with Gasteiger partial charge in [-0.3, -0.25) is 4.40 Å². The average molecular weight is 296 g/mol. The molecular weight excluding hydrogens is 286 g/mol. The van der Waals surface area contributed by atoms with Gasteiger partial charge in [-0.2, -0.15) is 0 Å². The summed E-state index contributed by atoms with van der Waals surface area (Å²) in [4.78, 5) is 4.34. The van der Waals surface area contributed by atoms with Gasteiger partial charge in [-0.25, -0.2) is 4.98 Å². The molecule has 102 valence electrons. The third kappa shape index (κ3) is 1.98. The van der Waals surface area contributed by atoms with E-state index in [4.69, 9.17) is 11.6 Å². The van der Waals surface area contributed by atoms with Gasteiger partial charge in [0.15, 0.2) is 5.15 Å². The number of hydrogen-bond acceptors (Lipinski definition) is 4. The van der Waals surface area contributed by atoms with E-state index >= 15 is 0 Å². The largest absolute Gasteiger partial charge is 0.324 e. The van der Waals surface area contributed by atoms with E-state index in [1.54, 1.807) is 0 Å². The van der Waals surface area contributed by atoms with E-state index in [0.29, 0.717) is 16.7 Å². The van der Waals surface area contributed by atoms with Crippen LogP contribution in [0.5, 0.6) is 0 Å². The number of fused-ring (bicyclic) bond motifs is 3. The third-order valence-electron chi connectivity index (χ3n) is 3.22. The van der Waals surface area contributed by atoms with Gasteiger partial charge in [-0.05, 0) is 24.3 Å². The summed E-state index contributed by atoms with van der Waals surface area (Å²) in [6.07, 6.45) is 0. The normalized spacial score (nSPS) is 11.1.